The number of rotatable bonds is 5. The van der Waals surface area contributed by atoms with Crippen molar-refractivity contribution in [1.29, 1.82) is 0 Å². The highest BCUT2D eigenvalue weighted by Crippen LogP contribution is 2.32. The molecular formula is C21H16ClN3O6S. The molecule has 4 rings (SSSR count). The number of carbonyl (C=O) groups excluding carboxylic acids is 2. The summed E-state index contributed by atoms with van der Waals surface area (Å²) in [5.74, 6) is -0.328. The van der Waals surface area contributed by atoms with Crippen LogP contribution in [0, 0.1) is 0 Å². The predicted molar refractivity (Wildman–Crippen MR) is 116 cm³/mol. The van der Waals surface area contributed by atoms with Gasteiger partial charge in [-0.25, -0.2) is 8.42 Å². The quantitative estimate of drug-likeness (QED) is 0.490. The van der Waals surface area contributed by atoms with Crippen molar-refractivity contribution >= 4 is 39.1 Å². The predicted octanol–water partition coefficient (Wildman–Crippen LogP) is 2.94. The summed E-state index contributed by atoms with van der Waals surface area (Å²) in [6.45, 7) is 0.0720. The first-order chi connectivity index (χ1) is 15.3. The molecule has 0 fully saturated rings. The zero-order valence-corrected chi connectivity index (χ0v) is 17.9. The third-order valence-electron chi connectivity index (χ3n) is 4.41. The van der Waals surface area contributed by atoms with E-state index in [1.165, 1.54) is 42.5 Å². The van der Waals surface area contributed by atoms with Crippen molar-refractivity contribution in [2.75, 3.05) is 11.5 Å². The minimum Gasteiger partial charge on any atom is -0.454 e. The standard InChI is InChI=1S/C21H16ClN3O6S/c22-15-4-2-5-16(11-15)25-32(28,29)17-6-1-3-13(9-17)20(26)23-24-21(27)14-7-8-18-19(10-14)31-12-30-18/h1-11,25H,12H2,(H,23,26)(H,24,27). The number of sulfonamides is 1. The number of hydrogen-bond donors (Lipinski definition) is 3. The molecular weight excluding hydrogens is 458 g/mol. The van der Waals surface area contributed by atoms with E-state index in [1.807, 2.05) is 0 Å². The Hall–Kier alpha value is -3.76. The average molecular weight is 474 g/mol. The summed E-state index contributed by atoms with van der Waals surface area (Å²) in [4.78, 5) is 24.6. The molecule has 164 valence electrons. The van der Waals surface area contributed by atoms with Gasteiger partial charge < -0.3 is 9.47 Å². The van der Waals surface area contributed by atoms with Crippen molar-refractivity contribution in [3.8, 4) is 11.5 Å². The highest BCUT2D eigenvalue weighted by molar-refractivity contribution is 7.92. The van der Waals surface area contributed by atoms with Gasteiger partial charge in [-0.2, -0.15) is 0 Å². The van der Waals surface area contributed by atoms with Gasteiger partial charge in [0.05, 0.1) is 10.6 Å². The summed E-state index contributed by atoms with van der Waals surface area (Å²) in [6.07, 6.45) is 0. The molecule has 0 bridgehead atoms. The van der Waals surface area contributed by atoms with Gasteiger partial charge in [0.1, 0.15) is 0 Å². The fourth-order valence-electron chi connectivity index (χ4n) is 2.87. The maximum absolute atomic E-state index is 12.7. The first-order valence-corrected chi connectivity index (χ1v) is 11.1. The highest BCUT2D eigenvalue weighted by atomic mass is 35.5. The number of amides is 2. The average Bonchev–Trinajstić information content (AvgIpc) is 3.25. The van der Waals surface area contributed by atoms with Crippen LogP contribution in [0.2, 0.25) is 5.02 Å². The molecule has 11 heteroatoms. The summed E-state index contributed by atoms with van der Waals surface area (Å²) < 4.78 is 38.1. The van der Waals surface area contributed by atoms with Crippen molar-refractivity contribution in [2.45, 2.75) is 4.90 Å². The Balaban J connectivity index is 1.43. The monoisotopic (exact) mass is 473 g/mol. The molecule has 1 heterocycles. The Morgan fingerprint density at radius 1 is 0.812 bits per heavy atom. The van der Waals surface area contributed by atoms with Crippen LogP contribution in [-0.2, 0) is 10.0 Å². The summed E-state index contributed by atoms with van der Waals surface area (Å²) in [7, 11) is -3.97. The van der Waals surface area contributed by atoms with Crippen LogP contribution in [-0.4, -0.2) is 27.0 Å². The van der Waals surface area contributed by atoms with Crippen molar-refractivity contribution in [3.05, 3.63) is 82.9 Å². The largest absolute Gasteiger partial charge is 0.454 e. The van der Waals surface area contributed by atoms with Crippen LogP contribution < -0.4 is 25.0 Å². The Kier molecular flexibility index (Phi) is 5.89. The zero-order chi connectivity index (χ0) is 22.7. The van der Waals surface area contributed by atoms with E-state index in [9.17, 15) is 18.0 Å². The molecule has 0 atom stereocenters. The molecule has 0 radical (unpaired) electrons. The van der Waals surface area contributed by atoms with Gasteiger partial charge in [0.15, 0.2) is 11.5 Å². The normalized spacial score (nSPS) is 12.2. The molecule has 1 aliphatic heterocycles. The number of ether oxygens (including phenoxy) is 2. The summed E-state index contributed by atoms with van der Waals surface area (Å²) >= 11 is 5.88. The SMILES string of the molecule is O=C(NNC(=O)c1ccc2c(c1)OCO2)c1cccc(S(=O)(=O)Nc2cccc(Cl)c2)c1. The molecule has 0 aliphatic carbocycles. The number of halogens is 1. The topological polar surface area (TPSA) is 123 Å². The van der Waals surface area contributed by atoms with Crippen molar-refractivity contribution in [3.63, 3.8) is 0 Å². The lowest BCUT2D eigenvalue weighted by molar-refractivity contribution is 0.0846. The fraction of sp³-hybridized carbons (Fsp3) is 0.0476. The first kappa shape index (κ1) is 21.5. The van der Waals surface area contributed by atoms with Gasteiger partial charge in [-0.05, 0) is 54.6 Å². The number of carbonyl (C=O) groups is 2. The second kappa shape index (κ2) is 8.77. The summed E-state index contributed by atoms with van der Waals surface area (Å²) in [5, 5.41) is 0.372. The Bertz CT molecular complexity index is 1310. The molecule has 0 saturated carbocycles. The van der Waals surface area contributed by atoms with Crippen LogP contribution in [0.3, 0.4) is 0 Å². The van der Waals surface area contributed by atoms with Gasteiger partial charge >= 0.3 is 0 Å². The number of hydrazine groups is 1. The van der Waals surface area contributed by atoms with E-state index in [0.717, 1.165) is 0 Å². The lowest BCUT2D eigenvalue weighted by atomic mass is 10.2. The third kappa shape index (κ3) is 4.76. The molecule has 3 N–H and O–H groups in total. The second-order valence-electron chi connectivity index (χ2n) is 6.62. The van der Waals surface area contributed by atoms with Crippen molar-refractivity contribution in [2.24, 2.45) is 0 Å². The van der Waals surface area contributed by atoms with Gasteiger partial charge in [-0.3, -0.25) is 25.2 Å². The number of nitrogens with one attached hydrogen (secondary N) is 3. The fourth-order valence-corrected chi connectivity index (χ4v) is 4.15. The van der Waals surface area contributed by atoms with Crippen LogP contribution >= 0.6 is 11.6 Å². The first-order valence-electron chi connectivity index (χ1n) is 9.21. The molecule has 9 nitrogen and oxygen atoms in total. The van der Waals surface area contributed by atoms with Gasteiger partial charge in [0.25, 0.3) is 21.8 Å². The van der Waals surface area contributed by atoms with E-state index in [0.29, 0.717) is 16.5 Å². The van der Waals surface area contributed by atoms with Crippen molar-refractivity contribution in [1.82, 2.24) is 10.9 Å². The molecule has 0 unspecified atom stereocenters. The van der Waals surface area contributed by atoms with Crippen LogP contribution in [0.4, 0.5) is 5.69 Å². The second-order valence-corrected chi connectivity index (χ2v) is 8.74. The maximum Gasteiger partial charge on any atom is 0.269 e. The highest BCUT2D eigenvalue weighted by Gasteiger charge is 2.19. The third-order valence-corrected chi connectivity index (χ3v) is 6.02. The smallest absolute Gasteiger partial charge is 0.269 e. The Morgan fingerprint density at radius 3 is 2.25 bits per heavy atom. The van der Waals surface area contributed by atoms with E-state index in [4.69, 9.17) is 21.1 Å². The number of fused-ring (bicyclic) bond motifs is 1. The number of hydrogen-bond acceptors (Lipinski definition) is 6. The number of anilines is 1. The minimum absolute atomic E-state index is 0.0324. The van der Waals surface area contributed by atoms with Crippen LogP contribution in [0.25, 0.3) is 0 Å². The zero-order valence-electron chi connectivity index (χ0n) is 16.3. The van der Waals surface area contributed by atoms with Crippen LogP contribution in [0.1, 0.15) is 20.7 Å². The van der Waals surface area contributed by atoms with E-state index in [-0.39, 0.29) is 28.5 Å². The van der Waals surface area contributed by atoms with Crippen molar-refractivity contribution < 1.29 is 27.5 Å². The Morgan fingerprint density at radius 2 is 1.50 bits per heavy atom. The van der Waals surface area contributed by atoms with E-state index in [1.54, 1.807) is 24.3 Å². The van der Waals surface area contributed by atoms with Gasteiger partial charge in [-0.15, -0.1) is 0 Å². The molecule has 32 heavy (non-hydrogen) atoms. The molecule has 0 aromatic heterocycles. The van der Waals surface area contributed by atoms with Gasteiger partial charge in [0, 0.05) is 16.1 Å². The molecule has 2 amide bonds. The van der Waals surface area contributed by atoms with Gasteiger partial charge in [-0.1, -0.05) is 23.7 Å². The maximum atomic E-state index is 12.7. The molecule has 3 aromatic carbocycles. The van der Waals surface area contributed by atoms with E-state index >= 15 is 0 Å². The van der Waals surface area contributed by atoms with Crippen LogP contribution in [0.5, 0.6) is 11.5 Å². The lowest BCUT2D eigenvalue weighted by Gasteiger charge is -2.11. The summed E-state index contributed by atoms with van der Waals surface area (Å²) in [5.41, 5.74) is 5.10. The minimum atomic E-state index is -3.97. The molecule has 0 saturated heterocycles. The molecule has 0 spiro atoms. The Labute approximate surface area is 188 Å². The summed E-state index contributed by atoms with van der Waals surface area (Å²) in [6, 6.07) is 16.2. The van der Waals surface area contributed by atoms with Crippen LogP contribution in [0.15, 0.2) is 71.6 Å². The number of benzene rings is 3. The van der Waals surface area contributed by atoms with E-state index in [2.05, 4.69) is 15.6 Å². The van der Waals surface area contributed by atoms with E-state index < -0.39 is 21.8 Å². The lowest BCUT2D eigenvalue weighted by Crippen LogP contribution is -2.41. The van der Waals surface area contributed by atoms with Gasteiger partial charge in [0.2, 0.25) is 6.79 Å². The molecule has 1 aliphatic rings. The molecule has 3 aromatic rings.